The number of hydrogen-bond donors (Lipinski definition) is 1. The highest BCUT2D eigenvalue weighted by atomic mass is 15.3. The number of rotatable bonds is 4. The van der Waals surface area contributed by atoms with Gasteiger partial charge in [-0.05, 0) is 37.3 Å². The smallest absolute Gasteiger partial charge is 0.155 e. The summed E-state index contributed by atoms with van der Waals surface area (Å²) in [5.41, 5.74) is 1.52. The van der Waals surface area contributed by atoms with Gasteiger partial charge in [0.1, 0.15) is 12.7 Å². The van der Waals surface area contributed by atoms with Gasteiger partial charge in [0.05, 0.1) is 11.9 Å². The van der Waals surface area contributed by atoms with Crippen LogP contribution in [-0.4, -0.2) is 25.8 Å². The molecule has 2 heterocycles. The predicted molar refractivity (Wildman–Crippen MR) is 69.6 cm³/mol. The molecule has 1 aliphatic rings. The van der Waals surface area contributed by atoms with Crippen molar-refractivity contribution in [3.05, 3.63) is 31.0 Å². The Kier molecular flexibility index (Phi) is 2.54. The fourth-order valence-corrected chi connectivity index (χ4v) is 1.99. The van der Waals surface area contributed by atoms with Crippen LogP contribution in [0.2, 0.25) is 0 Å². The molecule has 0 spiro atoms. The van der Waals surface area contributed by atoms with Gasteiger partial charge in [-0.15, -0.1) is 0 Å². The molecular formula is C13H17N5. The molecule has 1 N–H and O–H groups in total. The van der Waals surface area contributed by atoms with Gasteiger partial charge in [-0.25, -0.2) is 14.6 Å². The van der Waals surface area contributed by atoms with Crippen LogP contribution in [0.15, 0.2) is 31.0 Å². The van der Waals surface area contributed by atoms with E-state index in [1.54, 1.807) is 11.0 Å². The van der Waals surface area contributed by atoms with E-state index in [1.165, 1.54) is 19.2 Å². The van der Waals surface area contributed by atoms with E-state index >= 15 is 0 Å². The molecule has 0 aromatic carbocycles. The van der Waals surface area contributed by atoms with Gasteiger partial charge in [0.25, 0.3) is 0 Å². The van der Waals surface area contributed by atoms with Crippen LogP contribution in [0.1, 0.15) is 26.7 Å². The summed E-state index contributed by atoms with van der Waals surface area (Å²) in [5, 5.41) is 7.56. The topological polar surface area (TPSA) is 55.6 Å². The van der Waals surface area contributed by atoms with E-state index in [1.807, 2.05) is 18.3 Å². The van der Waals surface area contributed by atoms with Crippen LogP contribution in [0.5, 0.6) is 0 Å². The molecule has 0 aliphatic heterocycles. The van der Waals surface area contributed by atoms with Crippen LogP contribution in [0, 0.1) is 5.41 Å². The first-order valence-electron chi connectivity index (χ1n) is 6.25. The molecule has 94 valence electrons. The van der Waals surface area contributed by atoms with E-state index in [0.29, 0.717) is 11.5 Å². The number of nitrogens with zero attached hydrogens (tertiary/aromatic N) is 4. The highest BCUT2D eigenvalue weighted by Gasteiger charge is 2.42. The maximum atomic E-state index is 4.37. The van der Waals surface area contributed by atoms with E-state index in [0.717, 1.165) is 11.5 Å². The summed E-state index contributed by atoms with van der Waals surface area (Å²) in [6, 6.07) is 4.46. The third kappa shape index (κ3) is 2.08. The Labute approximate surface area is 106 Å². The summed E-state index contributed by atoms with van der Waals surface area (Å²) in [4.78, 5) is 8.28. The molecule has 5 nitrogen and oxygen atoms in total. The molecule has 0 amide bonds. The van der Waals surface area contributed by atoms with Crippen molar-refractivity contribution in [2.45, 2.75) is 32.7 Å². The predicted octanol–water partition coefficient (Wildman–Crippen LogP) is 2.26. The lowest BCUT2D eigenvalue weighted by molar-refractivity contribution is 0.493. The van der Waals surface area contributed by atoms with Crippen molar-refractivity contribution >= 4 is 5.69 Å². The van der Waals surface area contributed by atoms with Gasteiger partial charge in [-0.2, -0.15) is 5.10 Å². The van der Waals surface area contributed by atoms with E-state index in [9.17, 15) is 0 Å². The Bertz CT molecular complexity index is 513. The Balaban J connectivity index is 1.71. The second kappa shape index (κ2) is 4.08. The normalized spacial score (nSPS) is 18.3. The van der Waals surface area contributed by atoms with Crippen molar-refractivity contribution in [1.29, 1.82) is 0 Å². The molecule has 1 saturated carbocycles. The SMILES string of the molecule is CC(Nc1ccc(-n2cncn2)nc1)C1(C)CC1. The van der Waals surface area contributed by atoms with Crippen LogP contribution < -0.4 is 5.32 Å². The summed E-state index contributed by atoms with van der Waals surface area (Å²) in [6.45, 7) is 4.56. The number of pyridine rings is 1. The minimum Gasteiger partial charge on any atom is -0.381 e. The standard InChI is InChI=1S/C13H17N5/c1-10(13(2)5-6-13)17-11-3-4-12(15-7-11)18-9-14-8-16-18/h3-4,7-10,17H,5-6H2,1-2H3. The van der Waals surface area contributed by atoms with E-state index in [-0.39, 0.29) is 0 Å². The molecule has 1 unspecified atom stereocenters. The van der Waals surface area contributed by atoms with Crippen LogP contribution in [0.4, 0.5) is 5.69 Å². The zero-order valence-corrected chi connectivity index (χ0v) is 10.7. The van der Waals surface area contributed by atoms with Gasteiger partial charge >= 0.3 is 0 Å². The second-order valence-corrected chi connectivity index (χ2v) is 5.27. The van der Waals surface area contributed by atoms with Crippen molar-refractivity contribution in [3.63, 3.8) is 0 Å². The molecule has 18 heavy (non-hydrogen) atoms. The maximum Gasteiger partial charge on any atom is 0.155 e. The van der Waals surface area contributed by atoms with Crippen LogP contribution in [-0.2, 0) is 0 Å². The largest absolute Gasteiger partial charge is 0.381 e. The molecule has 3 rings (SSSR count). The Morgan fingerprint density at radius 3 is 2.78 bits per heavy atom. The van der Waals surface area contributed by atoms with Crippen molar-refractivity contribution in [2.24, 2.45) is 5.41 Å². The third-order valence-corrected chi connectivity index (χ3v) is 3.87. The quantitative estimate of drug-likeness (QED) is 0.895. The highest BCUT2D eigenvalue weighted by molar-refractivity contribution is 5.44. The molecule has 1 aliphatic carbocycles. The Hall–Kier alpha value is -1.91. The van der Waals surface area contributed by atoms with Crippen LogP contribution in [0.25, 0.3) is 5.82 Å². The lowest BCUT2D eigenvalue weighted by Gasteiger charge is -2.21. The number of nitrogens with one attached hydrogen (secondary N) is 1. The molecule has 1 fully saturated rings. The Morgan fingerprint density at radius 2 is 2.22 bits per heavy atom. The molecule has 0 bridgehead atoms. The fourth-order valence-electron chi connectivity index (χ4n) is 1.99. The zero-order chi connectivity index (χ0) is 12.6. The highest BCUT2D eigenvalue weighted by Crippen LogP contribution is 2.48. The minimum atomic E-state index is 0.463. The summed E-state index contributed by atoms with van der Waals surface area (Å²) in [6.07, 6.45) is 7.61. The van der Waals surface area contributed by atoms with Crippen molar-refractivity contribution in [3.8, 4) is 5.82 Å². The number of anilines is 1. The number of hydrogen-bond acceptors (Lipinski definition) is 4. The van der Waals surface area contributed by atoms with Gasteiger partial charge in [0, 0.05) is 6.04 Å². The van der Waals surface area contributed by atoms with Gasteiger partial charge in [-0.3, -0.25) is 0 Å². The molecule has 0 saturated heterocycles. The van der Waals surface area contributed by atoms with Gasteiger partial charge < -0.3 is 5.32 Å². The maximum absolute atomic E-state index is 4.37. The molecule has 5 heteroatoms. The van der Waals surface area contributed by atoms with Crippen molar-refractivity contribution < 1.29 is 0 Å². The average Bonchev–Trinajstić information content (AvgIpc) is 2.94. The fraction of sp³-hybridized carbons (Fsp3) is 0.462. The first-order valence-corrected chi connectivity index (χ1v) is 6.25. The molecule has 0 radical (unpaired) electrons. The lowest BCUT2D eigenvalue weighted by atomic mass is 10.0. The minimum absolute atomic E-state index is 0.463. The first-order chi connectivity index (χ1) is 8.67. The summed E-state index contributed by atoms with van der Waals surface area (Å²) in [7, 11) is 0. The monoisotopic (exact) mass is 243 g/mol. The first kappa shape index (κ1) is 11.2. The average molecular weight is 243 g/mol. The van der Waals surface area contributed by atoms with Crippen molar-refractivity contribution in [2.75, 3.05) is 5.32 Å². The summed E-state index contributed by atoms with van der Waals surface area (Å²) >= 11 is 0. The van der Waals surface area contributed by atoms with E-state index < -0.39 is 0 Å². The van der Waals surface area contributed by atoms with E-state index in [2.05, 4.69) is 34.2 Å². The molecule has 2 aromatic rings. The van der Waals surface area contributed by atoms with Crippen LogP contribution >= 0.6 is 0 Å². The van der Waals surface area contributed by atoms with Gasteiger partial charge in [-0.1, -0.05) is 6.92 Å². The molecule has 2 aromatic heterocycles. The molecule has 1 atom stereocenters. The molecular weight excluding hydrogens is 226 g/mol. The summed E-state index contributed by atoms with van der Waals surface area (Å²) in [5.74, 6) is 0.781. The van der Waals surface area contributed by atoms with Gasteiger partial charge in [0.15, 0.2) is 5.82 Å². The second-order valence-electron chi connectivity index (χ2n) is 5.27. The van der Waals surface area contributed by atoms with Gasteiger partial charge in [0.2, 0.25) is 0 Å². The van der Waals surface area contributed by atoms with Crippen molar-refractivity contribution in [1.82, 2.24) is 19.7 Å². The van der Waals surface area contributed by atoms with E-state index in [4.69, 9.17) is 0 Å². The lowest BCUT2D eigenvalue weighted by Crippen LogP contribution is -2.24. The Morgan fingerprint density at radius 1 is 1.39 bits per heavy atom. The third-order valence-electron chi connectivity index (χ3n) is 3.87. The zero-order valence-electron chi connectivity index (χ0n) is 10.7. The summed E-state index contributed by atoms with van der Waals surface area (Å²) < 4.78 is 1.65. The van der Waals surface area contributed by atoms with Crippen LogP contribution in [0.3, 0.4) is 0 Å². The number of aromatic nitrogens is 4.